The molecule has 4 heteroatoms. The summed E-state index contributed by atoms with van der Waals surface area (Å²) in [4.78, 5) is 12.1. The molecule has 0 saturated heterocycles. The van der Waals surface area contributed by atoms with E-state index in [0.29, 0.717) is 17.4 Å². The third-order valence-electron chi connectivity index (χ3n) is 3.50. The number of nitrogens with one attached hydrogen (secondary N) is 1. The number of amides is 1. The van der Waals surface area contributed by atoms with Crippen LogP contribution in [0.15, 0.2) is 42.5 Å². The lowest BCUT2D eigenvalue weighted by Crippen LogP contribution is -2.25. The molecular formula is C17H17NO3. The summed E-state index contributed by atoms with van der Waals surface area (Å²) >= 11 is 0. The van der Waals surface area contributed by atoms with Crippen molar-refractivity contribution in [2.24, 2.45) is 0 Å². The normalized spacial score (nSPS) is 13.8. The van der Waals surface area contributed by atoms with Gasteiger partial charge in [0, 0.05) is 17.7 Å². The van der Waals surface area contributed by atoms with Crippen LogP contribution in [-0.2, 0) is 0 Å². The summed E-state index contributed by atoms with van der Waals surface area (Å²) in [6.45, 7) is 0. The van der Waals surface area contributed by atoms with E-state index in [1.807, 2.05) is 24.3 Å². The molecule has 21 heavy (non-hydrogen) atoms. The molecule has 0 spiro atoms. The average molecular weight is 283 g/mol. The fraction of sp³-hybridized carbons (Fsp3) is 0.235. The smallest absolute Gasteiger partial charge is 0.251 e. The lowest BCUT2D eigenvalue weighted by atomic mass is 10.0. The number of phenols is 1. The summed E-state index contributed by atoms with van der Waals surface area (Å²) in [5.41, 5.74) is 2.31. The zero-order valence-corrected chi connectivity index (χ0v) is 11.8. The molecule has 0 aliphatic heterocycles. The van der Waals surface area contributed by atoms with Crippen LogP contribution in [0, 0.1) is 0 Å². The molecule has 1 saturated carbocycles. The number of hydrogen-bond donors (Lipinski definition) is 2. The van der Waals surface area contributed by atoms with Crippen LogP contribution in [0.5, 0.6) is 11.5 Å². The third-order valence-corrected chi connectivity index (χ3v) is 3.50. The molecule has 2 N–H and O–H groups in total. The summed E-state index contributed by atoms with van der Waals surface area (Å²) in [5.74, 6) is 0.668. The first-order chi connectivity index (χ1) is 10.2. The Hall–Kier alpha value is -2.49. The van der Waals surface area contributed by atoms with Crippen molar-refractivity contribution < 1.29 is 14.6 Å². The van der Waals surface area contributed by atoms with Crippen molar-refractivity contribution in [1.82, 2.24) is 5.32 Å². The fourth-order valence-corrected chi connectivity index (χ4v) is 2.20. The van der Waals surface area contributed by atoms with Crippen LogP contribution in [-0.4, -0.2) is 24.2 Å². The number of aromatic hydroxyl groups is 1. The highest BCUT2D eigenvalue weighted by molar-refractivity contribution is 5.95. The second kappa shape index (κ2) is 5.48. The molecule has 0 bridgehead atoms. The van der Waals surface area contributed by atoms with Crippen LogP contribution in [0.25, 0.3) is 11.1 Å². The van der Waals surface area contributed by atoms with E-state index >= 15 is 0 Å². The first-order valence-corrected chi connectivity index (χ1v) is 6.95. The van der Waals surface area contributed by atoms with E-state index in [-0.39, 0.29) is 11.7 Å². The Bertz CT molecular complexity index is 677. The molecule has 4 nitrogen and oxygen atoms in total. The Balaban J connectivity index is 1.91. The molecule has 0 radical (unpaired) electrons. The van der Waals surface area contributed by atoms with Gasteiger partial charge in [-0.2, -0.15) is 0 Å². The summed E-state index contributed by atoms with van der Waals surface area (Å²) in [7, 11) is 1.55. The van der Waals surface area contributed by atoms with Gasteiger partial charge < -0.3 is 15.2 Å². The maximum atomic E-state index is 12.1. The summed E-state index contributed by atoms with van der Waals surface area (Å²) in [6, 6.07) is 12.7. The van der Waals surface area contributed by atoms with Crippen molar-refractivity contribution in [3.05, 3.63) is 48.0 Å². The van der Waals surface area contributed by atoms with Gasteiger partial charge in [-0.25, -0.2) is 0 Å². The first-order valence-electron chi connectivity index (χ1n) is 6.95. The van der Waals surface area contributed by atoms with Crippen LogP contribution >= 0.6 is 0 Å². The van der Waals surface area contributed by atoms with E-state index in [2.05, 4.69) is 5.32 Å². The number of hydrogen-bond acceptors (Lipinski definition) is 3. The van der Waals surface area contributed by atoms with E-state index in [1.54, 1.807) is 25.3 Å². The second-order valence-corrected chi connectivity index (χ2v) is 5.25. The molecule has 1 fully saturated rings. The van der Waals surface area contributed by atoms with Crippen LogP contribution < -0.4 is 10.1 Å². The maximum Gasteiger partial charge on any atom is 0.251 e. The van der Waals surface area contributed by atoms with Gasteiger partial charge in [0.15, 0.2) is 0 Å². The van der Waals surface area contributed by atoms with E-state index < -0.39 is 0 Å². The van der Waals surface area contributed by atoms with Gasteiger partial charge in [0.25, 0.3) is 5.91 Å². The minimum atomic E-state index is -0.0496. The van der Waals surface area contributed by atoms with Gasteiger partial charge in [-0.05, 0) is 48.2 Å². The topological polar surface area (TPSA) is 58.6 Å². The number of methoxy groups -OCH3 is 1. The molecule has 0 heterocycles. The molecule has 0 unspecified atom stereocenters. The van der Waals surface area contributed by atoms with Crippen LogP contribution in [0.1, 0.15) is 23.2 Å². The predicted octanol–water partition coefficient (Wildman–Crippen LogP) is 2.96. The SMILES string of the molecule is COc1cc(O)cc(-c2cccc(C(=O)NC3CC3)c2)c1. The van der Waals surface area contributed by atoms with Gasteiger partial charge >= 0.3 is 0 Å². The quantitative estimate of drug-likeness (QED) is 0.907. The lowest BCUT2D eigenvalue weighted by molar-refractivity contribution is 0.0951. The molecule has 1 amide bonds. The Labute approximate surface area is 123 Å². The largest absolute Gasteiger partial charge is 0.508 e. The molecule has 2 aromatic carbocycles. The molecule has 1 aliphatic carbocycles. The van der Waals surface area contributed by atoms with Crippen molar-refractivity contribution in [1.29, 1.82) is 0 Å². The molecule has 3 rings (SSSR count). The highest BCUT2D eigenvalue weighted by Gasteiger charge is 2.23. The van der Waals surface area contributed by atoms with Gasteiger partial charge in [0.1, 0.15) is 11.5 Å². The van der Waals surface area contributed by atoms with E-state index in [9.17, 15) is 9.90 Å². The number of phenolic OH excluding ortho intramolecular Hbond substituents is 1. The Morgan fingerprint density at radius 1 is 1.19 bits per heavy atom. The Morgan fingerprint density at radius 3 is 2.71 bits per heavy atom. The van der Waals surface area contributed by atoms with E-state index in [0.717, 1.165) is 24.0 Å². The number of carbonyl (C=O) groups is 1. The Morgan fingerprint density at radius 2 is 2.00 bits per heavy atom. The van der Waals surface area contributed by atoms with Gasteiger partial charge in [-0.15, -0.1) is 0 Å². The van der Waals surface area contributed by atoms with Gasteiger partial charge in [0.05, 0.1) is 7.11 Å². The predicted molar refractivity (Wildman–Crippen MR) is 80.6 cm³/mol. The van der Waals surface area contributed by atoms with Crippen LogP contribution in [0.3, 0.4) is 0 Å². The van der Waals surface area contributed by atoms with Crippen molar-refractivity contribution in [3.63, 3.8) is 0 Å². The molecule has 1 aliphatic rings. The number of carbonyl (C=O) groups excluding carboxylic acids is 1. The minimum absolute atomic E-state index is 0.0496. The molecule has 0 atom stereocenters. The van der Waals surface area contributed by atoms with Crippen molar-refractivity contribution in [3.8, 4) is 22.6 Å². The van der Waals surface area contributed by atoms with E-state index in [4.69, 9.17) is 4.74 Å². The van der Waals surface area contributed by atoms with Gasteiger partial charge in [-0.3, -0.25) is 4.79 Å². The zero-order valence-electron chi connectivity index (χ0n) is 11.8. The molecule has 108 valence electrons. The first kappa shape index (κ1) is 13.5. The maximum absolute atomic E-state index is 12.1. The molecule has 0 aromatic heterocycles. The highest BCUT2D eigenvalue weighted by atomic mass is 16.5. The monoisotopic (exact) mass is 283 g/mol. The highest BCUT2D eigenvalue weighted by Crippen LogP contribution is 2.29. The van der Waals surface area contributed by atoms with Crippen molar-refractivity contribution >= 4 is 5.91 Å². The number of benzene rings is 2. The van der Waals surface area contributed by atoms with Crippen molar-refractivity contribution in [2.45, 2.75) is 18.9 Å². The molecule has 2 aromatic rings. The molecular weight excluding hydrogens is 266 g/mol. The Kier molecular flexibility index (Phi) is 3.52. The lowest BCUT2D eigenvalue weighted by Gasteiger charge is -2.08. The summed E-state index contributed by atoms with van der Waals surface area (Å²) < 4.78 is 5.16. The zero-order chi connectivity index (χ0) is 14.8. The fourth-order valence-electron chi connectivity index (χ4n) is 2.20. The summed E-state index contributed by atoms with van der Waals surface area (Å²) in [5, 5.41) is 12.7. The standard InChI is InChI=1S/C17H17NO3/c1-21-16-9-13(8-15(19)10-16)11-3-2-4-12(7-11)17(20)18-14-5-6-14/h2-4,7-10,14,19H,5-6H2,1H3,(H,18,20). The average Bonchev–Trinajstić information content (AvgIpc) is 3.30. The second-order valence-electron chi connectivity index (χ2n) is 5.25. The summed E-state index contributed by atoms with van der Waals surface area (Å²) in [6.07, 6.45) is 2.13. The van der Waals surface area contributed by atoms with Gasteiger partial charge in [0.2, 0.25) is 0 Å². The third kappa shape index (κ3) is 3.16. The number of rotatable bonds is 4. The van der Waals surface area contributed by atoms with Crippen LogP contribution in [0.4, 0.5) is 0 Å². The minimum Gasteiger partial charge on any atom is -0.508 e. The van der Waals surface area contributed by atoms with Gasteiger partial charge in [-0.1, -0.05) is 12.1 Å². The van der Waals surface area contributed by atoms with Crippen LogP contribution in [0.2, 0.25) is 0 Å². The van der Waals surface area contributed by atoms with Crippen molar-refractivity contribution in [2.75, 3.05) is 7.11 Å². The number of ether oxygens (including phenoxy) is 1. The van der Waals surface area contributed by atoms with E-state index in [1.165, 1.54) is 0 Å².